The first-order valence-electron chi connectivity index (χ1n) is 9.92. The zero-order valence-corrected chi connectivity index (χ0v) is 15.6. The normalized spacial score (nSPS) is 55.0. The number of allylic oxidation sites excluding steroid dienone is 1. The Hall–Kier alpha value is -0.710. The van der Waals surface area contributed by atoms with E-state index in [2.05, 4.69) is 19.9 Å². The van der Waals surface area contributed by atoms with Crippen molar-refractivity contribution < 1.29 is 20.1 Å². The Morgan fingerprint density at radius 1 is 1.16 bits per heavy atom. The van der Waals surface area contributed by atoms with Gasteiger partial charge in [0.15, 0.2) is 0 Å². The molecule has 140 valence electrons. The van der Waals surface area contributed by atoms with Gasteiger partial charge in [0.25, 0.3) is 0 Å². The van der Waals surface area contributed by atoms with Crippen molar-refractivity contribution in [2.24, 2.45) is 34.5 Å². The average molecular weight is 348 g/mol. The van der Waals surface area contributed by atoms with Crippen LogP contribution in [0, 0.1) is 34.5 Å². The third-order valence-corrected chi connectivity index (χ3v) is 8.48. The summed E-state index contributed by atoms with van der Waals surface area (Å²) in [5, 5.41) is 32.1. The molecule has 0 aromatic carbocycles. The van der Waals surface area contributed by atoms with Gasteiger partial charge in [-0.2, -0.15) is 0 Å². The molecule has 0 heterocycles. The van der Waals surface area contributed by atoms with Crippen molar-refractivity contribution in [1.29, 1.82) is 0 Å². The highest BCUT2D eigenvalue weighted by Gasteiger charge is 2.64. The van der Waals surface area contributed by atoms with Crippen LogP contribution in [0.4, 0.5) is 0 Å². The molecule has 4 heteroatoms. The van der Waals surface area contributed by atoms with E-state index >= 15 is 0 Å². The molecule has 0 saturated heterocycles. The third kappa shape index (κ3) is 2.33. The van der Waals surface area contributed by atoms with Crippen LogP contribution < -0.4 is 0 Å². The van der Waals surface area contributed by atoms with Gasteiger partial charge in [0.1, 0.15) is 5.78 Å². The van der Waals surface area contributed by atoms with Gasteiger partial charge >= 0.3 is 0 Å². The number of hydrogen-bond donors (Lipinski definition) is 3. The Morgan fingerprint density at radius 2 is 1.88 bits per heavy atom. The van der Waals surface area contributed by atoms with Gasteiger partial charge < -0.3 is 15.3 Å². The van der Waals surface area contributed by atoms with Crippen molar-refractivity contribution in [3.05, 3.63) is 11.6 Å². The van der Waals surface area contributed by atoms with Gasteiger partial charge in [-0.1, -0.05) is 25.5 Å². The minimum Gasteiger partial charge on any atom is -0.393 e. The molecule has 0 amide bonds. The maximum atomic E-state index is 12.2. The molecule has 4 aliphatic rings. The van der Waals surface area contributed by atoms with Crippen molar-refractivity contribution in [3.8, 4) is 0 Å². The first-order valence-corrected chi connectivity index (χ1v) is 9.92. The fourth-order valence-electron chi connectivity index (χ4n) is 7.48. The standard InChI is InChI=1S/C21H32O4/c1-11(22)15-9-16(24)18-14-5-4-12-8-13(23)6-7-20(12,2)19(14)17(25)10-21(15,18)3/h4,13-19,23-25H,5-10H2,1-3H3. The Morgan fingerprint density at radius 3 is 2.56 bits per heavy atom. The molecule has 9 unspecified atom stereocenters. The summed E-state index contributed by atoms with van der Waals surface area (Å²) in [4.78, 5) is 12.2. The van der Waals surface area contributed by atoms with Crippen LogP contribution in [0.25, 0.3) is 0 Å². The zero-order valence-electron chi connectivity index (χ0n) is 15.6. The van der Waals surface area contributed by atoms with Crippen LogP contribution in [0.5, 0.6) is 0 Å². The predicted octanol–water partition coefficient (Wildman–Crippen LogP) is 2.46. The van der Waals surface area contributed by atoms with E-state index in [1.165, 1.54) is 5.57 Å². The van der Waals surface area contributed by atoms with E-state index in [9.17, 15) is 20.1 Å². The summed E-state index contributed by atoms with van der Waals surface area (Å²) in [6.45, 7) is 6.00. The van der Waals surface area contributed by atoms with Gasteiger partial charge in [-0.3, -0.25) is 4.79 Å². The van der Waals surface area contributed by atoms with Crippen molar-refractivity contribution >= 4 is 5.78 Å². The van der Waals surface area contributed by atoms with E-state index in [1.807, 2.05) is 0 Å². The number of carbonyl (C=O) groups is 1. The summed E-state index contributed by atoms with van der Waals surface area (Å²) in [7, 11) is 0. The molecule has 4 aliphatic carbocycles. The van der Waals surface area contributed by atoms with Gasteiger partial charge in [-0.25, -0.2) is 0 Å². The summed E-state index contributed by atoms with van der Waals surface area (Å²) in [5.41, 5.74) is 0.907. The second-order valence-corrected chi connectivity index (χ2v) is 9.74. The number of Topliss-reactive ketones (excluding diaryl/α,β-unsaturated/α-hetero) is 1. The molecule has 0 aromatic heterocycles. The van der Waals surface area contributed by atoms with Gasteiger partial charge in [-0.05, 0) is 74.0 Å². The monoisotopic (exact) mass is 348 g/mol. The lowest BCUT2D eigenvalue weighted by Gasteiger charge is -2.59. The van der Waals surface area contributed by atoms with Crippen LogP contribution in [-0.4, -0.2) is 39.4 Å². The molecule has 0 bridgehead atoms. The topological polar surface area (TPSA) is 77.8 Å². The first-order chi connectivity index (χ1) is 11.7. The third-order valence-electron chi connectivity index (χ3n) is 8.48. The molecule has 0 radical (unpaired) electrons. The number of rotatable bonds is 1. The van der Waals surface area contributed by atoms with Crippen LogP contribution in [-0.2, 0) is 4.79 Å². The molecule has 0 spiro atoms. The Balaban J connectivity index is 1.75. The second kappa shape index (κ2) is 5.64. The Bertz CT molecular complexity index is 613. The van der Waals surface area contributed by atoms with E-state index < -0.39 is 12.2 Å². The highest BCUT2D eigenvalue weighted by molar-refractivity contribution is 5.79. The highest BCUT2D eigenvalue weighted by atomic mass is 16.3. The summed E-state index contributed by atoms with van der Waals surface area (Å²) >= 11 is 0. The van der Waals surface area contributed by atoms with Crippen molar-refractivity contribution in [2.75, 3.05) is 0 Å². The molecule has 9 atom stereocenters. The first kappa shape index (κ1) is 17.7. The van der Waals surface area contributed by atoms with E-state index in [0.717, 1.165) is 19.3 Å². The number of aliphatic hydroxyl groups is 3. The molecule has 4 rings (SSSR count). The zero-order chi connectivity index (χ0) is 18.1. The van der Waals surface area contributed by atoms with Crippen molar-refractivity contribution in [3.63, 3.8) is 0 Å². The minimum atomic E-state index is -0.452. The summed E-state index contributed by atoms with van der Waals surface area (Å²) in [5.74, 6) is 0.426. The molecular formula is C21H32O4. The Kier molecular flexibility index (Phi) is 3.99. The number of aliphatic hydroxyl groups excluding tert-OH is 3. The molecule has 0 aliphatic heterocycles. The SMILES string of the molecule is CC(=O)C1CC(O)C2C3CC=C4CC(O)CCC4(C)C3C(O)CC12C. The highest BCUT2D eigenvalue weighted by Crippen LogP contribution is 2.66. The van der Waals surface area contributed by atoms with Gasteiger partial charge in [-0.15, -0.1) is 0 Å². The molecule has 3 fully saturated rings. The summed E-state index contributed by atoms with van der Waals surface area (Å²) in [6, 6.07) is 0. The van der Waals surface area contributed by atoms with E-state index in [4.69, 9.17) is 0 Å². The number of carbonyl (C=O) groups excluding carboxylic acids is 1. The van der Waals surface area contributed by atoms with Crippen LogP contribution >= 0.6 is 0 Å². The lowest BCUT2D eigenvalue weighted by Crippen LogP contribution is -2.58. The van der Waals surface area contributed by atoms with Gasteiger partial charge in [0.05, 0.1) is 18.3 Å². The summed E-state index contributed by atoms with van der Waals surface area (Å²) < 4.78 is 0. The maximum Gasteiger partial charge on any atom is 0.133 e. The fourth-order valence-corrected chi connectivity index (χ4v) is 7.48. The molecule has 0 aromatic rings. The van der Waals surface area contributed by atoms with E-state index in [0.29, 0.717) is 19.3 Å². The molecule has 3 N–H and O–H groups in total. The average Bonchev–Trinajstić information content (AvgIpc) is 2.78. The van der Waals surface area contributed by atoms with Gasteiger partial charge in [0.2, 0.25) is 0 Å². The van der Waals surface area contributed by atoms with Crippen LogP contribution in [0.2, 0.25) is 0 Å². The molecule has 25 heavy (non-hydrogen) atoms. The Labute approximate surface area is 150 Å². The van der Waals surface area contributed by atoms with E-state index in [1.54, 1.807) is 6.92 Å². The van der Waals surface area contributed by atoms with Crippen LogP contribution in [0.3, 0.4) is 0 Å². The van der Waals surface area contributed by atoms with Crippen molar-refractivity contribution in [2.45, 2.75) is 77.6 Å². The fraction of sp³-hybridized carbons (Fsp3) is 0.857. The van der Waals surface area contributed by atoms with Crippen molar-refractivity contribution in [1.82, 2.24) is 0 Å². The predicted molar refractivity (Wildman–Crippen MR) is 94.7 cm³/mol. The second-order valence-electron chi connectivity index (χ2n) is 9.74. The maximum absolute atomic E-state index is 12.2. The largest absolute Gasteiger partial charge is 0.393 e. The summed E-state index contributed by atoms with van der Waals surface area (Å²) in [6.07, 6.45) is 5.50. The van der Waals surface area contributed by atoms with E-state index in [-0.39, 0.29) is 46.4 Å². The smallest absolute Gasteiger partial charge is 0.133 e. The van der Waals surface area contributed by atoms with Crippen LogP contribution in [0.15, 0.2) is 11.6 Å². The number of fused-ring (bicyclic) bond motifs is 5. The molecule has 3 saturated carbocycles. The minimum absolute atomic E-state index is 0.0799. The lowest BCUT2D eigenvalue weighted by molar-refractivity contribution is -0.147. The number of ketones is 1. The molecule has 4 nitrogen and oxygen atoms in total. The quantitative estimate of drug-likeness (QED) is 0.636. The lowest BCUT2D eigenvalue weighted by atomic mass is 9.46. The molecular weight excluding hydrogens is 316 g/mol. The number of hydrogen-bond acceptors (Lipinski definition) is 4. The van der Waals surface area contributed by atoms with Crippen LogP contribution in [0.1, 0.15) is 59.3 Å². The van der Waals surface area contributed by atoms with Gasteiger partial charge in [0, 0.05) is 5.92 Å².